The van der Waals surface area contributed by atoms with Crippen LogP contribution >= 0.6 is 11.6 Å². The Labute approximate surface area is 201 Å². The molecule has 0 fully saturated rings. The molecule has 1 aliphatic heterocycles. The zero-order chi connectivity index (χ0) is 23.5. The monoisotopic (exact) mass is 475 g/mol. The second-order valence-corrected chi connectivity index (χ2v) is 8.44. The number of nitrogens with one attached hydrogen (secondary N) is 1. The molecule has 0 unspecified atom stereocenters. The molecule has 3 heterocycles. The fourth-order valence-electron chi connectivity index (χ4n) is 3.93. The van der Waals surface area contributed by atoms with Gasteiger partial charge in [0, 0.05) is 60.3 Å². The highest BCUT2D eigenvalue weighted by Gasteiger charge is 2.26. The lowest BCUT2D eigenvalue weighted by Gasteiger charge is -2.28. The van der Waals surface area contributed by atoms with Crippen LogP contribution in [0.25, 0.3) is 11.4 Å². The third kappa shape index (κ3) is 4.69. The number of aromatic nitrogens is 5. The van der Waals surface area contributed by atoms with Gasteiger partial charge in [0.05, 0.1) is 12.9 Å². The molecule has 2 aromatic heterocycles. The number of hydrogen-bond donors (Lipinski definition) is 1. The summed E-state index contributed by atoms with van der Waals surface area (Å²) in [7, 11) is 0. The van der Waals surface area contributed by atoms with E-state index in [4.69, 9.17) is 11.6 Å². The summed E-state index contributed by atoms with van der Waals surface area (Å²) in [4.78, 5) is 31.2. The zero-order valence-corrected chi connectivity index (χ0v) is 19.0. The summed E-state index contributed by atoms with van der Waals surface area (Å²) in [5, 5.41) is 12.2. The van der Waals surface area contributed by atoms with E-state index >= 15 is 0 Å². The molecule has 0 bridgehead atoms. The fraction of sp³-hybridized carbons (Fsp3) is 0.208. The highest BCUT2D eigenvalue weighted by Crippen LogP contribution is 2.24. The number of carbonyl (C=O) groups is 2. The average molecular weight is 476 g/mol. The summed E-state index contributed by atoms with van der Waals surface area (Å²) in [6.07, 6.45) is 5.47. The maximum atomic E-state index is 13.2. The third-order valence-corrected chi connectivity index (χ3v) is 5.94. The van der Waals surface area contributed by atoms with Crippen LogP contribution in [0.5, 0.6) is 0 Å². The largest absolute Gasteiger partial charge is 0.337 e. The van der Waals surface area contributed by atoms with E-state index in [9.17, 15) is 9.59 Å². The summed E-state index contributed by atoms with van der Waals surface area (Å²) in [5.74, 6) is 1.25. The molecule has 1 aliphatic rings. The number of carbonyl (C=O) groups excluding carboxylic acids is 2. The van der Waals surface area contributed by atoms with Crippen molar-refractivity contribution in [3.63, 3.8) is 0 Å². The van der Waals surface area contributed by atoms with Crippen molar-refractivity contribution in [2.75, 3.05) is 11.9 Å². The van der Waals surface area contributed by atoms with Gasteiger partial charge >= 0.3 is 0 Å². The van der Waals surface area contributed by atoms with Gasteiger partial charge in [-0.15, -0.1) is 10.2 Å². The second kappa shape index (κ2) is 9.48. The number of benzene rings is 2. The van der Waals surface area contributed by atoms with E-state index in [0.717, 1.165) is 17.2 Å². The number of aryl methyl sites for hydroxylation is 1. The number of imidazole rings is 1. The molecule has 2 amide bonds. The maximum Gasteiger partial charge on any atom is 0.254 e. The van der Waals surface area contributed by atoms with Gasteiger partial charge in [0.1, 0.15) is 0 Å². The first kappa shape index (κ1) is 21.8. The van der Waals surface area contributed by atoms with Crippen molar-refractivity contribution >= 4 is 29.1 Å². The summed E-state index contributed by atoms with van der Waals surface area (Å²) in [6.45, 7) is 2.03. The van der Waals surface area contributed by atoms with Gasteiger partial charge < -0.3 is 19.4 Å². The van der Waals surface area contributed by atoms with Gasteiger partial charge in [0.15, 0.2) is 11.6 Å². The van der Waals surface area contributed by atoms with Crippen molar-refractivity contribution in [1.82, 2.24) is 29.2 Å². The summed E-state index contributed by atoms with van der Waals surface area (Å²) in [5.41, 5.74) is 2.03. The zero-order valence-electron chi connectivity index (χ0n) is 18.3. The Hall–Kier alpha value is -3.98. The Balaban J connectivity index is 1.24. The number of nitrogens with zero attached hydrogens (tertiary/aromatic N) is 6. The summed E-state index contributed by atoms with van der Waals surface area (Å²) in [6, 6.07) is 14.5. The highest BCUT2D eigenvalue weighted by atomic mass is 35.5. The van der Waals surface area contributed by atoms with Gasteiger partial charge in [-0.2, -0.15) is 0 Å². The highest BCUT2D eigenvalue weighted by molar-refractivity contribution is 6.30. The molecule has 0 saturated carbocycles. The van der Waals surface area contributed by atoms with Crippen molar-refractivity contribution in [3.05, 3.63) is 83.7 Å². The predicted molar refractivity (Wildman–Crippen MR) is 127 cm³/mol. The van der Waals surface area contributed by atoms with Crippen LogP contribution in [-0.4, -0.2) is 47.6 Å². The Bertz CT molecular complexity index is 1320. The minimum atomic E-state index is -0.126. The molecule has 4 aromatic rings. The van der Waals surface area contributed by atoms with Crippen molar-refractivity contribution in [2.45, 2.75) is 26.1 Å². The van der Waals surface area contributed by atoms with Gasteiger partial charge in [0.2, 0.25) is 5.91 Å². The van der Waals surface area contributed by atoms with E-state index in [1.165, 1.54) is 0 Å². The lowest BCUT2D eigenvalue weighted by atomic mass is 10.1. The first-order valence-electron chi connectivity index (χ1n) is 10.9. The predicted octanol–water partition coefficient (Wildman–Crippen LogP) is 3.48. The molecule has 10 heteroatoms. The van der Waals surface area contributed by atoms with E-state index in [1.807, 2.05) is 39.6 Å². The SMILES string of the molecule is O=C(CCn1ccnc1)Nc1cccc(C(=O)N2CCn3c(nnc3-c3ccc(Cl)cc3)C2)c1. The molecule has 5 rings (SSSR count). The topological polar surface area (TPSA) is 97.9 Å². The normalized spacial score (nSPS) is 12.9. The van der Waals surface area contributed by atoms with Crippen LogP contribution in [0.15, 0.2) is 67.3 Å². The molecular weight excluding hydrogens is 454 g/mol. The van der Waals surface area contributed by atoms with Crippen LogP contribution in [0.3, 0.4) is 0 Å². The quantitative estimate of drug-likeness (QED) is 0.460. The minimum Gasteiger partial charge on any atom is -0.337 e. The molecule has 1 N–H and O–H groups in total. The van der Waals surface area contributed by atoms with Gasteiger partial charge in [-0.1, -0.05) is 17.7 Å². The standard InChI is InChI=1S/C24H22ClN7O2/c25-19-6-4-17(5-7-19)23-29-28-21-15-31(12-13-32(21)23)24(34)18-2-1-3-20(14-18)27-22(33)8-10-30-11-9-26-16-30/h1-7,9,11,14,16H,8,10,12-13,15H2,(H,27,33). The lowest BCUT2D eigenvalue weighted by molar-refractivity contribution is -0.116. The van der Waals surface area contributed by atoms with E-state index in [1.54, 1.807) is 41.7 Å². The van der Waals surface area contributed by atoms with E-state index in [-0.39, 0.29) is 11.8 Å². The first-order valence-corrected chi connectivity index (χ1v) is 11.3. The molecule has 0 aliphatic carbocycles. The number of anilines is 1. The molecule has 0 radical (unpaired) electrons. The van der Waals surface area contributed by atoms with Gasteiger partial charge in [-0.25, -0.2) is 4.98 Å². The van der Waals surface area contributed by atoms with Crippen LogP contribution in [0, 0.1) is 0 Å². The second-order valence-electron chi connectivity index (χ2n) is 8.00. The van der Waals surface area contributed by atoms with E-state index in [0.29, 0.717) is 48.9 Å². The maximum absolute atomic E-state index is 13.2. The molecular formula is C24H22ClN7O2. The molecule has 172 valence electrons. The Morgan fingerprint density at radius 2 is 1.91 bits per heavy atom. The number of halogens is 1. The van der Waals surface area contributed by atoms with Gasteiger partial charge in [0.25, 0.3) is 5.91 Å². The minimum absolute atomic E-state index is 0.114. The van der Waals surface area contributed by atoms with Crippen molar-refractivity contribution in [1.29, 1.82) is 0 Å². The molecule has 34 heavy (non-hydrogen) atoms. The van der Waals surface area contributed by atoms with E-state index in [2.05, 4.69) is 20.5 Å². The van der Waals surface area contributed by atoms with Crippen LogP contribution < -0.4 is 5.32 Å². The number of fused-ring (bicyclic) bond motifs is 1. The van der Waals surface area contributed by atoms with Crippen molar-refractivity contribution in [3.8, 4) is 11.4 Å². The fourth-order valence-corrected chi connectivity index (χ4v) is 4.06. The number of amides is 2. The number of hydrogen-bond acceptors (Lipinski definition) is 5. The molecule has 9 nitrogen and oxygen atoms in total. The number of rotatable bonds is 6. The third-order valence-electron chi connectivity index (χ3n) is 5.69. The molecule has 0 saturated heterocycles. The summed E-state index contributed by atoms with van der Waals surface area (Å²) >= 11 is 5.99. The average Bonchev–Trinajstić information content (AvgIpc) is 3.53. The van der Waals surface area contributed by atoms with Crippen molar-refractivity contribution in [2.24, 2.45) is 0 Å². The van der Waals surface area contributed by atoms with E-state index < -0.39 is 0 Å². The van der Waals surface area contributed by atoms with Gasteiger partial charge in [-0.05, 0) is 42.5 Å². The van der Waals surface area contributed by atoms with Crippen LogP contribution in [0.1, 0.15) is 22.6 Å². The molecule has 0 spiro atoms. The molecule has 2 aromatic carbocycles. The Morgan fingerprint density at radius 3 is 2.71 bits per heavy atom. The smallest absolute Gasteiger partial charge is 0.254 e. The molecule has 0 atom stereocenters. The van der Waals surface area contributed by atoms with Crippen molar-refractivity contribution < 1.29 is 9.59 Å². The first-order chi connectivity index (χ1) is 16.6. The van der Waals surface area contributed by atoms with Crippen LogP contribution in [0.2, 0.25) is 5.02 Å². The van der Waals surface area contributed by atoms with Crippen LogP contribution in [-0.2, 0) is 24.4 Å². The summed E-state index contributed by atoms with van der Waals surface area (Å²) < 4.78 is 3.87. The Morgan fingerprint density at radius 1 is 1.06 bits per heavy atom. The van der Waals surface area contributed by atoms with Gasteiger partial charge in [-0.3, -0.25) is 9.59 Å². The Kier molecular flexibility index (Phi) is 6.09. The lowest BCUT2D eigenvalue weighted by Crippen LogP contribution is -2.38. The van der Waals surface area contributed by atoms with Crippen LogP contribution in [0.4, 0.5) is 5.69 Å².